The Morgan fingerprint density at radius 3 is 2.81 bits per heavy atom. The number of aromatic nitrogens is 2. The van der Waals surface area contributed by atoms with Crippen molar-refractivity contribution in [2.24, 2.45) is 0 Å². The third-order valence-corrected chi connectivity index (χ3v) is 4.17. The van der Waals surface area contributed by atoms with Crippen LogP contribution in [0.3, 0.4) is 0 Å². The van der Waals surface area contributed by atoms with Crippen molar-refractivity contribution in [3.8, 4) is 0 Å². The molecule has 0 atom stereocenters. The summed E-state index contributed by atoms with van der Waals surface area (Å²) in [4.78, 5) is 22.4. The summed E-state index contributed by atoms with van der Waals surface area (Å²) in [6.45, 7) is 3.82. The molecule has 1 aliphatic rings. The van der Waals surface area contributed by atoms with Gasteiger partial charge < -0.3 is 25.6 Å². The maximum atomic E-state index is 13.1. The van der Waals surface area contributed by atoms with E-state index in [2.05, 4.69) is 30.8 Å². The summed E-state index contributed by atoms with van der Waals surface area (Å²) in [6.07, 6.45) is 1.51. The average molecular weight is 395 g/mol. The van der Waals surface area contributed by atoms with Crippen LogP contribution >= 0.6 is 11.6 Å². The molecular weight excluding hydrogens is 375 g/mol. The Bertz CT molecular complexity index is 788. The van der Waals surface area contributed by atoms with Crippen molar-refractivity contribution >= 4 is 35.0 Å². The molecule has 144 valence electrons. The zero-order chi connectivity index (χ0) is 19.1. The molecule has 8 nitrogen and oxygen atoms in total. The maximum Gasteiger partial charge on any atom is 0.319 e. The Kier molecular flexibility index (Phi) is 6.61. The van der Waals surface area contributed by atoms with E-state index in [4.69, 9.17) is 16.3 Å². The smallest absolute Gasteiger partial charge is 0.319 e. The van der Waals surface area contributed by atoms with Crippen molar-refractivity contribution in [2.75, 3.05) is 54.9 Å². The molecule has 1 fully saturated rings. The Labute approximate surface area is 161 Å². The van der Waals surface area contributed by atoms with Gasteiger partial charge in [0.2, 0.25) is 0 Å². The topological polar surface area (TPSA) is 91.4 Å². The summed E-state index contributed by atoms with van der Waals surface area (Å²) in [7, 11) is 0. The van der Waals surface area contributed by atoms with Gasteiger partial charge in [-0.2, -0.15) is 0 Å². The molecule has 0 spiro atoms. The van der Waals surface area contributed by atoms with E-state index in [1.807, 2.05) is 6.07 Å². The van der Waals surface area contributed by atoms with Gasteiger partial charge in [0.15, 0.2) is 0 Å². The number of benzene rings is 1. The SMILES string of the molecule is O=C(NCCNc1cc(N2CCOCC2)ncn1)Nc1ccc(F)c(Cl)c1. The van der Waals surface area contributed by atoms with E-state index in [0.29, 0.717) is 37.8 Å². The highest BCUT2D eigenvalue weighted by Gasteiger charge is 2.13. The number of urea groups is 1. The summed E-state index contributed by atoms with van der Waals surface area (Å²) in [5.74, 6) is 0.988. The second-order valence-corrected chi connectivity index (χ2v) is 6.20. The normalized spacial score (nSPS) is 13.9. The first-order chi connectivity index (χ1) is 13.1. The fraction of sp³-hybridized carbons (Fsp3) is 0.353. The second-order valence-electron chi connectivity index (χ2n) is 5.80. The molecule has 27 heavy (non-hydrogen) atoms. The molecule has 3 N–H and O–H groups in total. The quantitative estimate of drug-likeness (QED) is 0.651. The fourth-order valence-electron chi connectivity index (χ4n) is 2.52. The molecular formula is C17H20ClFN6O2. The minimum absolute atomic E-state index is 0.0469. The standard InChI is InChI=1S/C17H20ClFN6O2/c18-13-9-12(1-2-14(13)19)24-17(26)21-4-3-20-15-10-16(23-11-22-15)25-5-7-27-8-6-25/h1-2,9-11H,3-8H2,(H,20,22,23)(H2,21,24,26). The van der Waals surface area contributed by atoms with E-state index < -0.39 is 11.8 Å². The first-order valence-corrected chi connectivity index (χ1v) is 8.88. The lowest BCUT2D eigenvalue weighted by atomic mass is 10.3. The van der Waals surface area contributed by atoms with Crippen LogP contribution in [0, 0.1) is 5.82 Å². The number of carbonyl (C=O) groups excluding carboxylic acids is 1. The molecule has 0 aliphatic carbocycles. The van der Waals surface area contributed by atoms with Gasteiger partial charge in [-0.05, 0) is 18.2 Å². The lowest BCUT2D eigenvalue weighted by Gasteiger charge is -2.27. The molecule has 2 aromatic rings. The zero-order valence-corrected chi connectivity index (χ0v) is 15.3. The summed E-state index contributed by atoms with van der Waals surface area (Å²) in [6, 6.07) is 5.44. The van der Waals surface area contributed by atoms with Crippen LogP contribution < -0.4 is 20.9 Å². The van der Waals surface area contributed by atoms with Crippen LogP contribution in [-0.2, 0) is 4.74 Å². The summed E-state index contributed by atoms with van der Waals surface area (Å²) in [5, 5.41) is 8.37. The number of nitrogens with zero attached hydrogens (tertiary/aromatic N) is 3. The van der Waals surface area contributed by atoms with Crippen molar-refractivity contribution in [3.05, 3.63) is 41.4 Å². The molecule has 0 radical (unpaired) electrons. The van der Waals surface area contributed by atoms with Crippen LogP contribution in [0.5, 0.6) is 0 Å². The van der Waals surface area contributed by atoms with Crippen molar-refractivity contribution in [1.29, 1.82) is 0 Å². The molecule has 0 bridgehead atoms. The molecule has 1 saturated heterocycles. The van der Waals surface area contributed by atoms with Crippen molar-refractivity contribution in [3.63, 3.8) is 0 Å². The number of morpholine rings is 1. The van der Waals surface area contributed by atoms with Gasteiger partial charge >= 0.3 is 6.03 Å². The first-order valence-electron chi connectivity index (χ1n) is 8.50. The van der Waals surface area contributed by atoms with Crippen molar-refractivity contribution < 1.29 is 13.9 Å². The number of anilines is 3. The highest BCUT2D eigenvalue weighted by Crippen LogP contribution is 2.19. The summed E-state index contributed by atoms with van der Waals surface area (Å²) in [5.41, 5.74) is 0.415. The minimum Gasteiger partial charge on any atom is -0.378 e. The van der Waals surface area contributed by atoms with Gasteiger partial charge in [-0.1, -0.05) is 11.6 Å². The third-order valence-electron chi connectivity index (χ3n) is 3.88. The second kappa shape index (κ2) is 9.33. The molecule has 3 rings (SSSR count). The predicted octanol–water partition coefficient (Wildman–Crippen LogP) is 2.34. The van der Waals surface area contributed by atoms with E-state index in [0.717, 1.165) is 18.9 Å². The molecule has 2 heterocycles. The van der Waals surface area contributed by atoms with Gasteiger partial charge in [0, 0.05) is 37.9 Å². The predicted molar refractivity (Wildman–Crippen MR) is 102 cm³/mol. The van der Waals surface area contributed by atoms with Gasteiger partial charge in [-0.25, -0.2) is 19.2 Å². The van der Waals surface area contributed by atoms with E-state index in [1.165, 1.54) is 24.5 Å². The van der Waals surface area contributed by atoms with E-state index in [1.54, 1.807) is 0 Å². The Hall–Kier alpha value is -2.65. The van der Waals surface area contributed by atoms with Gasteiger partial charge in [0.25, 0.3) is 0 Å². The van der Waals surface area contributed by atoms with Crippen LogP contribution in [0.15, 0.2) is 30.6 Å². The zero-order valence-electron chi connectivity index (χ0n) is 14.5. The fourth-order valence-corrected chi connectivity index (χ4v) is 2.71. The number of rotatable bonds is 6. The van der Waals surface area contributed by atoms with Gasteiger partial charge in [0.05, 0.1) is 18.2 Å². The number of carbonyl (C=O) groups is 1. The van der Waals surface area contributed by atoms with Gasteiger partial charge in [-0.15, -0.1) is 0 Å². The molecule has 0 saturated carbocycles. The lowest BCUT2D eigenvalue weighted by Crippen LogP contribution is -2.36. The first kappa shape index (κ1) is 19.1. The highest BCUT2D eigenvalue weighted by atomic mass is 35.5. The average Bonchev–Trinajstić information content (AvgIpc) is 2.69. The number of hydrogen-bond donors (Lipinski definition) is 3. The molecule has 1 aliphatic heterocycles. The highest BCUT2D eigenvalue weighted by molar-refractivity contribution is 6.31. The van der Waals surface area contributed by atoms with Gasteiger partial charge in [-0.3, -0.25) is 0 Å². The third kappa shape index (κ3) is 5.66. The Balaban J connectivity index is 1.41. The van der Waals surface area contributed by atoms with Crippen LogP contribution in [0.4, 0.5) is 26.5 Å². The van der Waals surface area contributed by atoms with Crippen LogP contribution in [0.1, 0.15) is 0 Å². The summed E-state index contributed by atoms with van der Waals surface area (Å²) < 4.78 is 18.4. The molecule has 1 aromatic heterocycles. The van der Waals surface area contributed by atoms with Crippen molar-refractivity contribution in [2.45, 2.75) is 0 Å². The number of hydrogen-bond acceptors (Lipinski definition) is 6. The van der Waals surface area contributed by atoms with Gasteiger partial charge in [0.1, 0.15) is 23.8 Å². The molecule has 2 amide bonds. The van der Waals surface area contributed by atoms with Crippen LogP contribution in [0.2, 0.25) is 5.02 Å². The van der Waals surface area contributed by atoms with E-state index >= 15 is 0 Å². The molecule has 1 aromatic carbocycles. The van der Waals surface area contributed by atoms with Crippen LogP contribution in [-0.4, -0.2) is 55.4 Å². The number of ether oxygens (including phenoxy) is 1. The number of amides is 2. The van der Waals surface area contributed by atoms with E-state index in [9.17, 15) is 9.18 Å². The van der Waals surface area contributed by atoms with Crippen LogP contribution in [0.25, 0.3) is 0 Å². The Morgan fingerprint density at radius 2 is 2.04 bits per heavy atom. The largest absolute Gasteiger partial charge is 0.378 e. The molecule has 10 heteroatoms. The lowest BCUT2D eigenvalue weighted by molar-refractivity contribution is 0.122. The van der Waals surface area contributed by atoms with E-state index in [-0.39, 0.29) is 5.02 Å². The number of nitrogens with one attached hydrogen (secondary N) is 3. The summed E-state index contributed by atoms with van der Waals surface area (Å²) >= 11 is 5.68. The molecule has 0 unspecified atom stereocenters. The number of halogens is 2. The van der Waals surface area contributed by atoms with Crippen molar-refractivity contribution in [1.82, 2.24) is 15.3 Å². The minimum atomic E-state index is -0.534. The maximum absolute atomic E-state index is 13.1. The monoisotopic (exact) mass is 394 g/mol. The Morgan fingerprint density at radius 1 is 1.22 bits per heavy atom.